The molecule has 0 amide bonds. The summed E-state index contributed by atoms with van der Waals surface area (Å²) in [5.41, 5.74) is 0.835. The molecule has 0 bridgehead atoms. The number of hydrogen-bond acceptors (Lipinski definition) is 4. The van der Waals surface area contributed by atoms with Gasteiger partial charge < -0.3 is 9.15 Å². The van der Waals surface area contributed by atoms with Crippen LogP contribution < -0.4 is 0 Å². The Morgan fingerprint density at radius 1 is 1.45 bits per heavy atom. The maximum Gasteiger partial charge on any atom is 0.435 e. The molecule has 0 saturated heterocycles. The summed E-state index contributed by atoms with van der Waals surface area (Å²) in [6, 6.07) is 5.41. The highest BCUT2D eigenvalue weighted by Crippen LogP contribution is 2.25. The standard InChI is InChI=1S/C14H17BrN2O3/c1-5-9-8-10(11-6-7-12(15)19-11)16-17(9)13(18)20-14(2,3)4/h6-8H,5H2,1-4H3. The normalized spacial score (nSPS) is 11.7. The largest absolute Gasteiger partial charge is 0.448 e. The van der Waals surface area contributed by atoms with Gasteiger partial charge in [0.15, 0.2) is 10.4 Å². The minimum Gasteiger partial charge on any atom is -0.448 e. The second kappa shape index (κ2) is 5.44. The summed E-state index contributed by atoms with van der Waals surface area (Å²) in [6.45, 7) is 7.43. The summed E-state index contributed by atoms with van der Waals surface area (Å²) in [4.78, 5) is 12.1. The number of hydrogen-bond donors (Lipinski definition) is 0. The van der Waals surface area contributed by atoms with Gasteiger partial charge in [-0.1, -0.05) is 6.92 Å². The lowest BCUT2D eigenvalue weighted by Crippen LogP contribution is -2.28. The Hall–Kier alpha value is -1.56. The van der Waals surface area contributed by atoms with Gasteiger partial charge in [-0.3, -0.25) is 0 Å². The molecule has 2 aromatic rings. The first kappa shape index (κ1) is 14.8. The van der Waals surface area contributed by atoms with Crippen molar-refractivity contribution in [2.75, 3.05) is 0 Å². The van der Waals surface area contributed by atoms with E-state index in [1.54, 1.807) is 12.1 Å². The van der Waals surface area contributed by atoms with Gasteiger partial charge in [0.2, 0.25) is 0 Å². The highest BCUT2D eigenvalue weighted by atomic mass is 79.9. The molecule has 0 N–H and O–H groups in total. The van der Waals surface area contributed by atoms with Gasteiger partial charge in [-0.25, -0.2) is 4.79 Å². The third-order valence-corrected chi connectivity index (χ3v) is 2.96. The van der Waals surface area contributed by atoms with Crippen LogP contribution in [0.2, 0.25) is 0 Å². The predicted molar refractivity (Wildman–Crippen MR) is 78.6 cm³/mol. The fourth-order valence-corrected chi connectivity index (χ4v) is 2.01. The molecule has 0 saturated carbocycles. The van der Waals surface area contributed by atoms with Crippen molar-refractivity contribution in [2.45, 2.75) is 39.7 Å². The number of ether oxygens (including phenoxy) is 1. The van der Waals surface area contributed by atoms with Crippen LogP contribution in [0.3, 0.4) is 0 Å². The molecular weight excluding hydrogens is 324 g/mol. The first-order chi connectivity index (χ1) is 9.30. The highest BCUT2D eigenvalue weighted by Gasteiger charge is 2.22. The van der Waals surface area contributed by atoms with E-state index < -0.39 is 11.7 Å². The Kier molecular flexibility index (Phi) is 4.04. The van der Waals surface area contributed by atoms with E-state index in [0.717, 1.165) is 5.69 Å². The minimum absolute atomic E-state index is 0.480. The van der Waals surface area contributed by atoms with Gasteiger partial charge in [-0.2, -0.15) is 9.78 Å². The minimum atomic E-state index is -0.554. The smallest absolute Gasteiger partial charge is 0.435 e. The Balaban J connectivity index is 2.34. The Morgan fingerprint density at radius 2 is 2.15 bits per heavy atom. The fourth-order valence-electron chi connectivity index (χ4n) is 1.71. The average Bonchev–Trinajstić information content (AvgIpc) is 2.92. The van der Waals surface area contributed by atoms with Gasteiger partial charge in [0.1, 0.15) is 11.3 Å². The highest BCUT2D eigenvalue weighted by molar-refractivity contribution is 9.10. The zero-order chi connectivity index (χ0) is 14.9. The molecule has 0 fully saturated rings. The Labute approximate surface area is 126 Å². The third kappa shape index (κ3) is 3.30. The van der Waals surface area contributed by atoms with Crippen LogP contribution in [0.15, 0.2) is 27.3 Å². The Morgan fingerprint density at radius 3 is 2.65 bits per heavy atom. The van der Waals surface area contributed by atoms with E-state index in [1.165, 1.54) is 4.68 Å². The summed E-state index contributed by atoms with van der Waals surface area (Å²) in [5, 5.41) is 4.28. The lowest BCUT2D eigenvalue weighted by molar-refractivity contribution is 0.0510. The molecule has 20 heavy (non-hydrogen) atoms. The van der Waals surface area contributed by atoms with Crippen molar-refractivity contribution in [3.8, 4) is 11.5 Å². The molecule has 0 spiro atoms. The molecule has 5 nitrogen and oxygen atoms in total. The molecule has 2 aromatic heterocycles. The van der Waals surface area contributed by atoms with Crippen LogP contribution in [-0.4, -0.2) is 21.5 Å². The first-order valence-corrected chi connectivity index (χ1v) is 7.17. The van der Waals surface area contributed by atoms with Gasteiger partial charge in [0, 0.05) is 0 Å². The number of carbonyl (C=O) groups is 1. The molecular formula is C14H17BrN2O3. The van der Waals surface area contributed by atoms with E-state index in [0.29, 0.717) is 22.5 Å². The van der Waals surface area contributed by atoms with Crippen LogP contribution in [0, 0.1) is 0 Å². The number of carbonyl (C=O) groups excluding carboxylic acids is 1. The van der Waals surface area contributed by atoms with Crippen molar-refractivity contribution in [1.29, 1.82) is 0 Å². The topological polar surface area (TPSA) is 57.3 Å². The summed E-state index contributed by atoms with van der Waals surface area (Å²) in [6.07, 6.45) is 0.194. The van der Waals surface area contributed by atoms with Crippen molar-refractivity contribution in [2.24, 2.45) is 0 Å². The molecule has 0 aliphatic carbocycles. The van der Waals surface area contributed by atoms with Crippen molar-refractivity contribution >= 4 is 22.0 Å². The quantitative estimate of drug-likeness (QED) is 0.819. The maximum atomic E-state index is 12.1. The number of halogens is 1. The van der Waals surface area contributed by atoms with Gasteiger partial charge in [-0.15, -0.1) is 0 Å². The second-order valence-electron chi connectivity index (χ2n) is 5.37. The fraction of sp³-hybridized carbons (Fsp3) is 0.429. The van der Waals surface area contributed by atoms with E-state index in [2.05, 4.69) is 21.0 Å². The van der Waals surface area contributed by atoms with Crippen molar-refractivity contribution < 1.29 is 13.9 Å². The number of aryl methyl sites for hydroxylation is 1. The van der Waals surface area contributed by atoms with Crippen LogP contribution in [0.1, 0.15) is 33.4 Å². The second-order valence-corrected chi connectivity index (χ2v) is 6.15. The lowest BCUT2D eigenvalue weighted by atomic mass is 10.2. The molecule has 0 unspecified atom stereocenters. The third-order valence-electron chi connectivity index (χ3n) is 2.54. The number of rotatable bonds is 2. The molecule has 6 heteroatoms. The van der Waals surface area contributed by atoms with Crippen LogP contribution in [0.25, 0.3) is 11.5 Å². The van der Waals surface area contributed by atoms with Crippen LogP contribution in [0.4, 0.5) is 4.79 Å². The maximum absolute atomic E-state index is 12.1. The van der Waals surface area contributed by atoms with E-state index in [9.17, 15) is 4.79 Å². The number of aromatic nitrogens is 2. The molecule has 2 rings (SSSR count). The van der Waals surface area contributed by atoms with E-state index in [1.807, 2.05) is 33.8 Å². The lowest BCUT2D eigenvalue weighted by Gasteiger charge is -2.19. The van der Waals surface area contributed by atoms with Crippen LogP contribution >= 0.6 is 15.9 Å². The summed E-state index contributed by atoms with van der Waals surface area (Å²) >= 11 is 3.25. The molecule has 2 heterocycles. The van der Waals surface area contributed by atoms with Crippen molar-refractivity contribution in [1.82, 2.24) is 9.78 Å². The first-order valence-electron chi connectivity index (χ1n) is 6.38. The summed E-state index contributed by atoms with van der Waals surface area (Å²) < 4.78 is 12.7. The number of nitrogens with zero attached hydrogens (tertiary/aromatic N) is 2. The van der Waals surface area contributed by atoms with Gasteiger partial charge in [-0.05, 0) is 61.3 Å². The van der Waals surface area contributed by atoms with Crippen LogP contribution in [0.5, 0.6) is 0 Å². The van der Waals surface area contributed by atoms with E-state index >= 15 is 0 Å². The molecule has 108 valence electrons. The predicted octanol–water partition coefficient (Wildman–Crippen LogP) is 4.25. The van der Waals surface area contributed by atoms with Crippen LogP contribution in [-0.2, 0) is 11.2 Å². The molecule has 0 aromatic carbocycles. The zero-order valence-corrected chi connectivity index (χ0v) is 13.5. The molecule has 0 radical (unpaired) electrons. The van der Waals surface area contributed by atoms with E-state index in [-0.39, 0.29) is 0 Å². The molecule has 0 aliphatic rings. The monoisotopic (exact) mass is 340 g/mol. The Bertz CT molecular complexity index is 623. The van der Waals surface area contributed by atoms with Crippen molar-refractivity contribution in [3.05, 3.63) is 28.6 Å². The van der Waals surface area contributed by atoms with Gasteiger partial charge in [0.25, 0.3) is 0 Å². The zero-order valence-electron chi connectivity index (χ0n) is 11.9. The summed E-state index contributed by atoms with van der Waals surface area (Å²) in [5.74, 6) is 0.605. The molecule has 0 aliphatic heterocycles. The summed E-state index contributed by atoms with van der Waals surface area (Å²) in [7, 11) is 0. The van der Waals surface area contributed by atoms with Gasteiger partial charge >= 0.3 is 6.09 Å². The van der Waals surface area contributed by atoms with E-state index in [4.69, 9.17) is 9.15 Å². The van der Waals surface area contributed by atoms with Crippen molar-refractivity contribution in [3.63, 3.8) is 0 Å². The molecule has 0 atom stereocenters. The SMILES string of the molecule is CCc1cc(-c2ccc(Br)o2)nn1C(=O)OC(C)(C)C. The number of furan rings is 1. The van der Waals surface area contributed by atoms with Gasteiger partial charge in [0.05, 0.1) is 5.69 Å². The average molecular weight is 341 g/mol.